The van der Waals surface area contributed by atoms with Crippen LogP contribution in [0.1, 0.15) is 32.3 Å². The van der Waals surface area contributed by atoms with E-state index in [0.717, 1.165) is 22.9 Å². The van der Waals surface area contributed by atoms with Gasteiger partial charge in [0.2, 0.25) is 5.91 Å². The topological polar surface area (TPSA) is 46.9 Å². The van der Waals surface area contributed by atoms with Gasteiger partial charge in [0.1, 0.15) is 0 Å². The van der Waals surface area contributed by atoms with E-state index in [1.54, 1.807) is 4.68 Å². The number of rotatable bonds is 6. The van der Waals surface area contributed by atoms with E-state index in [2.05, 4.69) is 26.3 Å². The van der Waals surface area contributed by atoms with E-state index in [-0.39, 0.29) is 11.8 Å². The van der Waals surface area contributed by atoms with E-state index in [1.165, 1.54) is 0 Å². The second-order valence-electron chi connectivity index (χ2n) is 5.15. The summed E-state index contributed by atoms with van der Waals surface area (Å²) in [6.07, 6.45) is 3.51. The number of nitrogens with one attached hydrogen (secondary N) is 1. The highest BCUT2D eigenvalue weighted by Crippen LogP contribution is 2.22. The third-order valence-corrected chi connectivity index (χ3v) is 4.41. The summed E-state index contributed by atoms with van der Waals surface area (Å²) in [7, 11) is 0. The van der Waals surface area contributed by atoms with E-state index >= 15 is 0 Å². The molecule has 1 N–H and O–H groups in total. The van der Waals surface area contributed by atoms with Crippen LogP contribution < -0.4 is 5.32 Å². The van der Waals surface area contributed by atoms with Gasteiger partial charge in [-0.1, -0.05) is 37.6 Å². The van der Waals surface area contributed by atoms with Crippen molar-refractivity contribution in [1.82, 2.24) is 9.78 Å². The van der Waals surface area contributed by atoms with Crippen molar-refractivity contribution in [3.63, 3.8) is 0 Å². The third-order valence-electron chi connectivity index (χ3n) is 3.57. The van der Waals surface area contributed by atoms with Crippen LogP contribution in [-0.4, -0.2) is 15.7 Å². The molecule has 0 aliphatic heterocycles. The summed E-state index contributed by atoms with van der Waals surface area (Å²) in [4.78, 5) is 12.1. The Hall–Kier alpha value is -1.33. The van der Waals surface area contributed by atoms with Gasteiger partial charge in [-0.05, 0) is 46.5 Å². The van der Waals surface area contributed by atoms with Crippen LogP contribution in [0.2, 0.25) is 5.02 Å². The zero-order chi connectivity index (χ0) is 16.1. The van der Waals surface area contributed by atoms with Crippen molar-refractivity contribution in [2.75, 3.05) is 5.32 Å². The summed E-state index contributed by atoms with van der Waals surface area (Å²) in [5, 5.41) is 8.02. The first kappa shape index (κ1) is 17.0. The van der Waals surface area contributed by atoms with Crippen LogP contribution in [0.4, 0.5) is 5.82 Å². The van der Waals surface area contributed by atoms with Gasteiger partial charge in [-0.25, -0.2) is 0 Å². The van der Waals surface area contributed by atoms with Crippen LogP contribution in [0.3, 0.4) is 0 Å². The number of halogens is 2. The molecule has 22 heavy (non-hydrogen) atoms. The van der Waals surface area contributed by atoms with Crippen LogP contribution in [-0.2, 0) is 11.3 Å². The van der Waals surface area contributed by atoms with Crippen molar-refractivity contribution in [2.24, 2.45) is 5.92 Å². The molecule has 1 amide bonds. The van der Waals surface area contributed by atoms with Gasteiger partial charge < -0.3 is 5.32 Å². The fraction of sp³-hybridized carbons (Fsp3) is 0.375. The van der Waals surface area contributed by atoms with E-state index in [0.29, 0.717) is 17.4 Å². The van der Waals surface area contributed by atoms with Crippen molar-refractivity contribution in [3.8, 4) is 0 Å². The summed E-state index contributed by atoms with van der Waals surface area (Å²) >= 11 is 9.33. The Labute approximate surface area is 144 Å². The summed E-state index contributed by atoms with van der Waals surface area (Å²) < 4.78 is 2.57. The van der Waals surface area contributed by atoms with Crippen LogP contribution in [0.15, 0.2) is 34.9 Å². The third kappa shape index (κ3) is 4.34. The highest BCUT2D eigenvalue weighted by atomic mass is 79.9. The van der Waals surface area contributed by atoms with Crippen molar-refractivity contribution < 1.29 is 4.79 Å². The number of aromatic nitrogens is 2. The summed E-state index contributed by atoms with van der Waals surface area (Å²) in [6, 6.07) is 7.62. The van der Waals surface area contributed by atoms with Crippen LogP contribution in [0.25, 0.3) is 0 Å². The maximum absolute atomic E-state index is 12.1. The molecule has 0 bridgehead atoms. The fourth-order valence-corrected chi connectivity index (χ4v) is 2.76. The second kappa shape index (κ2) is 7.79. The summed E-state index contributed by atoms with van der Waals surface area (Å²) in [6.45, 7) is 4.65. The number of hydrogen-bond donors (Lipinski definition) is 1. The smallest absolute Gasteiger partial charge is 0.228 e. The van der Waals surface area contributed by atoms with Crippen LogP contribution in [0, 0.1) is 5.92 Å². The van der Waals surface area contributed by atoms with Crippen LogP contribution in [0.5, 0.6) is 0 Å². The Morgan fingerprint density at radius 1 is 1.32 bits per heavy atom. The summed E-state index contributed by atoms with van der Waals surface area (Å²) in [5.41, 5.74) is 1.09. The Balaban J connectivity index is 2.07. The molecular formula is C16H19BrClN3O. The lowest BCUT2D eigenvalue weighted by molar-refractivity contribution is -0.120. The van der Waals surface area contributed by atoms with E-state index < -0.39 is 0 Å². The molecule has 0 saturated carbocycles. The Bertz CT molecular complexity index is 635. The van der Waals surface area contributed by atoms with Gasteiger partial charge in [-0.15, -0.1) is 0 Å². The maximum atomic E-state index is 12.1. The molecule has 0 atom stereocenters. The van der Waals surface area contributed by atoms with E-state index in [4.69, 9.17) is 11.6 Å². The lowest BCUT2D eigenvalue weighted by atomic mass is 10.0. The molecule has 118 valence electrons. The average Bonchev–Trinajstić information content (AvgIpc) is 2.82. The molecule has 0 saturated heterocycles. The molecular weight excluding hydrogens is 366 g/mol. The van der Waals surface area contributed by atoms with E-state index in [9.17, 15) is 4.79 Å². The van der Waals surface area contributed by atoms with Gasteiger partial charge in [-0.3, -0.25) is 9.48 Å². The Kier molecular flexibility index (Phi) is 6.03. The van der Waals surface area contributed by atoms with Crippen molar-refractivity contribution in [3.05, 3.63) is 45.5 Å². The second-order valence-corrected chi connectivity index (χ2v) is 6.44. The van der Waals surface area contributed by atoms with Crippen molar-refractivity contribution in [1.29, 1.82) is 0 Å². The first-order valence-corrected chi connectivity index (χ1v) is 8.48. The molecule has 0 aliphatic rings. The average molecular weight is 385 g/mol. The molecule has 2 aromatic rings. The largest absolute Gasteiger partial charge is 0.308 e. The molecule has 0 fully saturated rings. The fourth-order valence-electron chi connectivity index (χ4n) is 2.22. The number of carbonyl (C=O) groups is 1. The van der Waals surface area contributed by atoms with Gasteiger partial charge in [-0.2, -0.15) is 5.10 Å². The lowest BCUT2D eigenvalue weighted by Gasteiger charge is -2.11. The molecule has 0 aliphatic carbocycles. The zero-order valence-electron chi connectivity index (χ0n) is 12.6. The van der Waals surface area contributed by atoms with Gasteiger partial charge in [0.15, 0.2) is 5.82 Å². The van der Waals surface area contributed by atoms with Gasteiger partial charge >= 0.3 is 0 Å². The minimum atomic E-state index is 0.0162. The number of amides is 1. The zero-order valence-corrected chi connectivity index (χ0v) is 15.0. The number of benzene rings is 1. The normalized spacial score (nSPS) is 11.0. The molecule has 1 aromatic carbocycles. The number of carbonyl (C=O) groups excluding carboxylic acids is 1. The van der Waals surface area contributed by atoms with Gasteiger partial charge in [0, 0.05) is 17.1 Å². The summed E-state index contributed by atoms with van der Waals surface area (Å²) in [5.74, 6) is 0.599. The molecule has 4 nitrogen and oxygen atoms in total. The predicted molar refractivity (Wildman–Crippen MR) is 93.2 cm³/mol. The molecule has 0 unspecified atom stereocenters. The minimum absolute atomic E-state index is 0.0162. The molecule has 0 spiro atoms. The number of hydrogen-bond acceptors (Lipinski definition) is 2. The molecule has 2 rings (SSSR count). The minimum Gasteiger partial charge on any atom is -0.308 e. The Morgan fingerprint density at radius 3 is 2.55 bits per heavy atom. The SMILES string of the molecule is CCC(CC)C(=O)Nc1nn(Cc2ccc(Cl)cc2)cc1Br. The first-order chi connectivity index (χ1) is 10.5. The van der Waals surface area contributed by atoms with Crippen LogP contribution >= 0.6 is 27.5 Å². The standard InChI is InChI=1S/C16H19BrClN3O/c1-3-12(4-2)16(22)19-15-14(17)10-21(20-15)9-11-5-7-13(18)8-6-11/h5-8,10,12H,3-4,9H2,1-2H3,(H,19,20,22). The van der Waals surface area contributed by atoms with Crippen molar-refractivity contribution in [2.45, 2.75) is 33.2 Å². The predicted octanol–water partition coefficient (Wildman–Crippen LogP) is 4.72. The quantitative estimate of drug-likeness (QED) is 0.783. The van der Waals surface area contributed by atoms with E-state index in [1.807, 2.05) is 44.3 Å². The highest BCUT2D eigenvalue weighted by Gasteiger charge is 2.17. The molecule has 1 aromatic heterocycles. The number of nitrogens with zero attached hydrogens (tertiary/aromatic N) is 2. The number of anilines is 1. The molecule has 6 heteroatoms. The maximum Gasteiger partial charge on any atom is 0.228 e. The van der Waals surface area contributed by atoms with Crippen molar-refractivity contribution >= 4 is 39.3 Å². The highest BCUT2D eigenvalue weighted by molar-refractivity contribution is 9.10. The lowest BCUT2D eigenvalue weighted by Crippen LogP contribution is -2.22. The molecule has 1 heterocycles. The monoisotopic (exact) mass is 383 g/mol. The van der Waals surface area contributed by atoms with Gasteiger partial charge in [0.25, 0.3) is 0 Å². The molecule has 0 radical (unpaired) electrons. The Morgan fingerprint density at radius 2 is 1.95 bits per heavy atom. The van der Waals surface area contributed by atoms with Gasteiger partial charge in [0.05, 0.1) is 11.0 Å². The first-order valence-electron chi connectivity index (χ1n) is 7.31.